The van der Waals surface area contributed by atoms with Crippen molar-refractivity contribution in [2.45, 2.75) is 0 Å². The molecule has 0 aliphatic rings. The molecule has 2 aromatic heterocycles. The van der Waals surface area contributed by atoms with Crippen LogP contribution in [0.5, 0.6) is 0 Å². The van der Waals surface area contributed by atoms with E-state index in [0.29, 0.717) is 0 Å². The number of benzene rings is 2. The van der Waals surface area contributed by atoms with Gasteiger partial charge in [-0.1, -0.05) is 42.5 Å². The first-order valence-electron chi connectivity index (χ1n) is 6.34. The van der Waals surface area contributed by atoms with Crippen molar-refractivity contribution < 1.29 is 0 Å². The molecule has 0 saturated carbocycles. The average Bonchev–Trinajstić information content (AvgIpc) is 2.94. The first-order chi connectivity index (χ1) is 9.42. The second-order valence-electron chi connectivity index (χ2n) is 4.63. The standard InChI is InChI=1S/C17H12N2/c1-2-6-13-12(4-1)5-3-7-14(13)15-8-9-16-17(19-15)10-11-18-16/h1-11,18H. The van der Waals surface area contributed by atoms with Crippen LogP contribution >= 0.6 is 0 Å². The summed E-state index contributed by atoms with van der Waals surface area (Å²) in [5, 5.41) is 2.49. The van der Waals surface area contributed by atoms with E-state index in [4.69, 9.17) is 4.98 Å². The highest BCUT2D eigenvalue weighted by Crippen LogP contribution is 2.28. The molecular weight excluding hydrogens is 232 g/mol. The fraction of sp³-hybridized carbons (Fsp3) is 0. The molecule has 2 heteroatoms. The number of H-pyrrole nitrogens is 1. The van der Waals surface area contributed by atoms with E-state index in [-0.39, 0.29) is 0 Å². The van der Waals surface area contributed by atoms with E-state index in [1.807, 2.05) is 12.3 Å². The Morgan fingerprint density at radius 3 is 2.68 bits per heavy atom. The van der Waals surface area contributed by atoms with Gasteiger partial charge in [0.2, 0.25) is 0 Å². The molecule has 2 nitrogen and oxygen atoms in total. The summed E-state index contributed by atoms with van der Waals surface area (Å²) in [7, 11) is 0. The number of aromatic nitrogens is 2. The lowest BCUT2D eigenvalue weighted by atomic mass is 10.0. The highest BCUT2D eigenvalue weighted by molar-refractivity contribution is 5.96. The van der Waals surface area contributed by atoms with Crippen molar-refractivity contribution in [3.05, 3.63) is 66.9 Å². The van der Waals surface area contributed by atoms with Crippen LogP contribution in [0.25, 0.3) is 33.1 Å². The molecule has 90 valence electrons. The molecule has 0 spiro atoms. The van der Waals surface area contributed by atoms with Gasteiger partial charge in [0.15, 0.2) is 0 Å². The van der Waals surface area contributed by atoms with E-state index in [1.165, 1.54) is 16.3 Å². The highest BCUT2D eigenvalue weighted by Gasteiger charge is 2.05. The minimum atomic E-state index is 1.01. The Kier molecular flexibility index (Phi) is 2.15. The zero-order valence-electron chi connectivity index (χ0n) is 10.3. The fourth-order valence-electron chi connectivity index (χ4n) is 2.53. The number of hydrogen-bond acceptors (Lipinski definition) is 1. The van der Waals surface area contributed by atoms with E-state index in [0.717, 1.165) is 16.7 Å². The summed E-state index contributed by atoms with van der Waals surface area (Å²) in [5.74, 6) is 0. The van der Waals surface area contributed by atoms with Gasteiger partial charge < -0.3 is 4.98 Å². The topological polar surface area (TPSA) is 28.7 Å². The Hall–Kier alpha value is -2.61. The van der Waals surface area contributed by atoms with Crippen molar-refractivity contribution in [2.24, 2.45) is 0 Å². The van der Waals surface area contributed by atoms with Crippen LogP contribution in [-0.2, 0) is 0 Å². The predicted octanol–water partition coefficient (Wildman–Crippen LogP) is 4.38. The Labute approximate surface area is 110 Å². The summed E-state index contributed by atoms with van der Waals surface area (Å²) in [6.45, 7) is 0. The largest absolute Gasteiger partial charge is 0.360 e. The Balaban J connectivity index is 2.03. The van der Waals surface area contributed by atoms with Crippen molar-refractivity contribution in [3.63, 3.8) is 0 Å². The Bertz CT molecular complexity index is 869. The van der Waals surface area contributed by atoms with Crippen LogP contribution in [0.4, 0.5) is 0 Å². The molecule has 0 aliphatic heterocycles. The third-order valence-electron chi connectivity index (χ3n) is 3.47. The lowest BCUT2D eigenvalue weighted by molar-refractivity contribution is 1.40. The first-order valence-corrected chi connectivity index (χ1v) is 6.34. The van der Waals surface area contributed by atoms with Gasteiger partial charge in [0.05, 0.1) is 16.7 Å². The molecule has 0 unspecified atom stereocenters. The van der Waals surface area contributed by atoms with E-state index in [9.17, 15) is 0 Å². The maximum atomic E-state index is 4.72. The van der Waals surface area contributed by atoms with Gasteiger partial charge in [-0.3, -0.25) is 0 Å². The smallest absolute Gasteiger partial charge is 0.0886 e. The minimum absolute atomic E-state index is 1.01. The van der Waals surface area contributed by atoms with Gasteiger partial charge in [-0.25, -0.2) is 4.98 Å². The number of hydrogen-bond donors (Lipinski definition) is 1. The van der Waals surface area contributed by atoms with E-state index in [1.54, 1.807) is 0 Å². The molecule has 19 heavy (non-hydrogen) atoms. The summed E-state index contributed by atoms with van der Waals surface area (Å²) >= 11 is 0. The zero-order valence-corrected chi connectivity index (χ0v) is 10.3. The van der Waals surface area contributed by atoms with Crippen molar-refractivity contribution in [3.8, 4) is 11.3 Å². The number of rotatable bonds is 1. The lowest BCUT2D eigenvalue weighted by Gasteiger charge is -2.06. The maximum absolute atomic E-state index is 4.72. The van der Waals surface area contributed by atoms with Gasteiger partial charge in [0.1, 0.15) is 0 Å². The molecule has 2 aromatic carbocycles. The van der Waals surface area contributed by atoms with Crippen molar-refractivity contribution >= 4 is 21.8 Å². The lowest BCUT2D eigenvalue weighted by Crippen LogP contribution is -1.85. The third kappa shape index (κ3) is 1.61. The van der Waals surface area contributed by atoms with Gasteiger partial charge in [-0.2, -0.15) is 0 Å². The molecule has 0 atom stereocenters. The molecular formula is C17H12N2. The fourth-order valence-corrected chi connectivity index (χ4v) is 2.53. The molecule has 4 rings (SSSR count). The van der Waals surface area contributed by atoms with Crippen LogP contribution in [0.3, 0.4) is 0 Å². The monoisotopic (exact) mass is 244 g/mol. The third-order valence-corrected chi connectivity index (χ3v) is 3.47. The number of aromatic amines is 1. The van der Waals surface area contributed by atoms with Gasteiger partial charge in [0, 0.05) is 11.8 Å². The van der Waals surface area contributed by atoms with Crippen molar-refractivity contribution in [1.29, 1.82) is 0 Å². The maximum Gasteiger partial charge on any atom is 0.0886 e. The minimum Gasteiger partial charge on any atom is -0.360 e. The van der Waals surface area contributed by atoms with E-state index < -0.39 is 0 Å². The van der Waals surface area contributed by atoms with Crippen LogP contribution in [0.2, 0.25) is 0 Å². The normalized spacial score (nSPS) is 11.2. The van der Waals surface area contributed by atoms with Gasteiger partial charge in [-0.05, 0) is 29.0 Å². The summed E-state index contributed by atoms with van der Waals surface area (Å²) in [6, 6.07) is 20.9. The van der Waals surface area contributed by atoms with E-state index >= 15 is 0 Å². The summed E-state index contributed by atoms with van der Waals surface area (Å²) < 4.78 is 0. The Morgan fingerprint density at radius 1 is 0.789 bits per heavy atom. The number of nitrogens with one attached hydrogen (secondary N) is 1. The quantitative estimate of drug-likeness (QED) is 0.528. The molecule has 1 N–H and O–H groups in total. The SMILES string of the molecule is c1ccc2c(-c3ccc4[nH]ccc4n3)cccc2c1. The number of pyridine rings is 1. The predicted molar refractivity (Wildman–Crippen MR) is 79.0 cm³/mol. The van der Waals surface area contributed by atoms with Crippen LogP contribution in [0, 0.1) is 0 Å². The molecule has 2 heterocycles. The molecule has 0 amide bonds. The van der Waals surface area contributed by atoms with Crippen LogP contribution in [0.15, 0.2) is 66.9 Å². The second kappa shape index (κ2) is 3.95. The van der Waals surface area contributed by atoms with Crippen LogP contribution in [-0.4, -0.2) is 9.97 Å². The second-order valence-corrected chi connectivity index (χ2v) is 4.63. The Morgan fingerprint density at radius 2 is 1.68 bits per heavy atom. The molecule has 0 aliphatic carbocycles. The summed E-state index contributed by atoms with van der Waals surface area (Å²) in [6.07, 6.45) is 1.92. The van der Waals surface area contributed by atoms with Crippen molar-refractivity contribution in [2.75, 3.05) is 0 Å². The molecule has 0 saturated heterocycles. The van der Waals surface area contributed by atoms with Gasteiger partial charge >= 0.3 is 0 Å². The number of nitrogens with zero attached hydrogens (tertiary/aromatic N) is 1. The molecule has 0 bridgehead atoms. The first kappa shape index (κ1) is 10.3. The number of fused-ring (bicyclic) bond motifs is 2. The molecule has 0 fully saturated rings. The highest BCUT2D eigenvalue weighted by atomic mass is 14.8. The van der Waals surface area contributed by atoms with Crippen LogP contribution < -0.4 is 0 Å². The van der Waals surface area contributed by atoms with Crippen LogP contribution in [0.1, 0.15) is 0 Å². The molecule has 0 radical (unpaired) electrons. The average molecular weight is 244 g/mol. The molecule has 4 aromatic rings. The summed E-state index contributed by atoms with van der Waals surface area (Å²) in [4.78, 5) is 7.90. The van der Waals surface area contributed by atoms with Crippen molar-refractivity contribution in [1.82, 2.24) is 9.97 Å². The van der Waals surface area contributed by atoms with Gasteiger partial charge in [0.25, 0.3) is 0 Å². The van der Waals surface area contributed by atoms with E-state index in [2.05, 4.69) is 59.6 Å². The van der Waals surface area contributed by atoms with Gasteiger partial charge in [-0.15, -0.1) is 0 Å². The summed E-state index contributed by atoms with van der Waals surface area (Å²) in [5.41, 5.74) is 4.28. The zero-order chi connectivity index (χ0) is 12.7.